The summed E-state index contributed by atoms with van der Waals surface area (Å²) in [5.74, 6) is 0. The minimum atomic E-state index is -0.0157. The first kappa shape index (κ1) is 25.5. The zero-order chi connectivity index (χ0) is 11.4. The fourth-order valence-electron chi connectivity index (χ4n) is 0.695. The van der Waals surface area contributed by atoms with Gasteiger partial charge in [0.25, 0.3) is 0 Å². The zero-order valence-corrected chi connectivity index (χ0v) is 12.7. The third-order valence-electron chi connectivity index (χ3n) is 1.31. The van der Waals surface area contributed by atoms with Crippen molar-refractivity contribution in [2.75, 3.05) is 26.3 Å². The van der Waals surface area contributed by atoms with Crippen molar-refractivity contribution in [1.29, 1.82) is 0 Å². The maximum absolute atomic E-state index is 9.77. The molecular weight excluding hydrogens is 243 g/mol. The maximum Gasteiger partial charge on any atom is 3.00 e. The van der Waals surface area contributed by atoms with E-state index in [0.29, 0.717) is 25.2 Å². The van der Waals surface area contributed by atoms with E-state index in [0.717, 1.165) is 0 Å². The second-order valence-electron chi connectivity index (χ2n) is 3.63. The Hall–Kier alpha value is 0.662. The SMILES string of the molecule is CC(C)NCC[O-].CC(C)NCC[O-].[Al+3].[Cl-]. The van der Waals surface area contributed by atoms with Gasteiger partial charge in [-0.15, -0.1) is 13.2 Å². The van der Waals surface area contributed by atoms with Crippen LogP contribution < -0.4 is 33.3 Å². The molecule has 0 unspecified atom stereocenters. The van der Waals surface area contributed by atoms with Crippen LogP contribution in [0, 0.1) is 0 Å². The normalized spacial score (nSPS) is 9.00. The van der Waals surface area contributed by atoms with Crippen LogP contribution in [0.4, 0.5) is 0 Å². The third-order valence-corrected chi connectivity index (χ3v) is 1.31. The molecule has 0 spiro atoms. The molecule has 0 radical (unpaired) electrons. The first-order valence-electron chi connectivity index (χ1n) is 5.17. The van der Waals surface area contributed by atoms with Gasteiger partial charge in [-0.25, -0.2) is 0 Å². The Morgan fingerprint density at radius 3 is 1.12 bits per heavy atom. The van der Waals surface area contributed by atoms with E-state index < -0.39 is 0 Å². The summed E-state index contributed by atoms with van der Waals surface area (Å²) in [5, 5.41) is 25.5. The first-order valence-corrected chi connectivity index (χ1v) is 5.17. The van der Waals surface area contributed by atoms with Gasteiger partial charge in [0.1, 0.15) is 0 Å². The van der Waals surface area contributed by atoms with E-state index in [-0.39, 0.29) is 43.0 Å². The largest absolute Gasteiger partial charge is 3.00 e. The smallest absolute Gasteiger partial charge is 1.00 e. The minimum Gasteiger partial charge on any atom is -1.00 e. The first-order chi connectivity index (χ1) is 6.54. The third kappa shape index (κ3) is 36.5. The summed E-state index contributed by atoms with van der Waals surface area (Å²) < 4.78 is 0. The molecule has 0 fully saturated rings. The van der Waals surface area contributed by atoms with Crippen molar-refractivity contribution in [3.63, 3.8) is 0 Å². The van der Waals surface area contributed by atoms with Gasteiger partial charge in [-0.05, 0) is 13.1 Å². The van der Waals surface area contributed by atoms with Crippen molar-refractivity contribution >= 4 is 17.4 Å². The molecule has 2 N–H and O–H groups in total. The molecular formula is C10H24AlClN2O2. The van der Waals surface area contributed by atoms with Gasteiger partial charge in [0.2, 0.25) is 0 Å². The molecule has 0 aliphatic heterocycles. The number of hydrogen-bond acceptors (Lipinski definition) is 4. The van der Waals surface area contributed by atoms with Gasteiger partial charge < -0.3 is 33.3 Å². The summed E-state index contributed by atoms with van der Waals surface area (Å²) in [6.45, 7) is 9.25. The molecule has 16 heavy (non-hydrogen) atoms. The molecule has 0 aliphatic rings. The minimum absolute atomic E-state index is 0. The fourth-order valence-corrected chi connectivity index (χ4v) is 0.695. The summed E-state index contributed by atoms with van der Waals surface area (Å²) in [6, 6.07) is 0.905. The summed E-state index contributed by atoms with van der Waals surface area (Å²) in [6.07, 6.45) is 0. The predicted octanol–water partition coefficient (Wildman–Crippen LogP) is -4.69. The molecule has 6 heteroatoms. The fraction of sp³-hybridized carbons (Fsp3) is 1.00. The van der Waals surface area contributed by atoms with E-state index in [1.54, 1.807) is 0 Å². The predicted molar refractivity (Wildman–Crippen MR) is 61.8 cm³/mol. The van der Waals surface area contributed by atoms with E-state index in [9.17, 15) is 10.2 Å². The van der Waals surface area contributed by atoms with Gasteiger partial charge in [-0.2, -0.15) is 0 Å². The van der Waals surface area contributed by atoms with Crippen LogP contribution in [0.1, 0.15) is 27.7 Å². The van der Waals surface area contributed by atoms with Crippen LogP contribution in [0.2, 0.25) is 0 Å². The van der Waals surface area contributed by atoms with Crippen molar-refractivity contribution < 1.29 is 22.6 Å². The van der Waals surface area contributed by atoms with Gasteiger partial charge >= 0.3 is 17.4 Å². The molecule has 0 saturated carbocycles. The monoisotopic (exact) mass is 266 g/mol. The zero-order valence-electron chi connectivity index (χ0n) is 10.8. The van der Waals surface area contributed by atoms with E-state index in [4.69, 9.17) is 0 Å². The molecule has 0 aromatic rings. The Balaban J connectivity index is -0.0000000800. The Morgan fingerprint density at radius 1 is 0.812 bits per heavy atom. The topological polar surface area (TPSA) is 70.2 Å². The molecule has 0 bridgehead atoms. The Labute approximate surface area is 117 Å². The molecule has 0 amide bonds. The molecule has 0 atom stereocenters. The van der Waals surface area contributed by atoms with E-state index >= 15 is 0 Å². The van der Waals surface area contributed by atoms with Crippen LogP contribution in [0.3, 0.4) is 0 Å². The second-order valence-corrected chi connectivity index (χ2v) is 3.63. The summed E-state index contributed by atoms with van der Waals surface area (Å²) in [7, 11) is 0. The van der Waals surface area contributed by atoms with Crippen LogP contribution >= 0.6 is 0 Å². The standard InChI is InChI=1S/2C5H12NO.Al.ClH/c2*1-5(2)6-3-4-7;;/h2*5-6H,3-4H2,1-2H3;;1H/q2*-1;+3;/p-1. The van der Waals surface area contributed by atoms with Crippen LogP contribution in [-0.4, -0.2) is 55.7 Å². The van der Waals surface area contributed by atoms with Gasteiger partial charge in [0.05, 0.1) is 0 Å². The molecule has 0 aliphatic carbocycles. The summed E-state index contributed by atoms with van der Waals surface area (Å²) in [5.41, 5.74) is 0. The van der Waals surface area contributed by atoms with Gasteiger partial charge in [0, 0.05) is 12.1 Å². The number of rotatable bonds is 6. The van der Waals surface area contributed by atoms with Crippen LogP contribution in [0.15, 0.2) is 0 Å². The molecule has 0 rings (SSSR count). The van der Waals surface area contributed by atoms with Crippen molar-refractivity contribution in [2.24, 2.45) is 0 Å². The quantitative estimate of drug-likeness (QED) is 0.474. The van der Waals surface area contributed by atoms with Crippen LogP contribution in [-0.2, 0) is 0 Å². The summed E-state index contributed by atoms with van der Waals surface area (Å²) >= 11 is 0. The van der Waals surface area contributed by atoms with Crippen molar-refractivity contribution in [3.8, 4) is 0 Å². The Bertz CT molecular complexity index is 96.8. The molecule has 0 aromatic heterocycles. The molecule has 0 heterocycles. The van der Waals surface area contributed by atoms with Crippen LogP contribution in [0.25, 0.3) is 0 Å². The van der Waals surface area contributed by atoms with Gasteiger partial charge in [-0.3, -0.25) is 0 Å². The molecule has 4 nitrogen and oxygen atoms in total. The average molecular weight is 267 g/mol. The van der Waals surface area contributed by atoms with Crippen molar-refractivity contribution in [2.45, 2.75) is 39.8 Å². The molecule has 0 saturated heterocycles. The van der Waals surface area contributed by atoms with Crippen molar-refractivity contribution in [3.05, 3.63) is 0 Å². The maximum atomic E-state index is 9.77. The second kappa shape index (κ2) is 21.0. The molecule has 0 aromatic carbocycles. The van der Waals surface area contributed by atoms with Gasteiger partial charge in [0.15, 0.2) is 0 Å². The van der Waals surface area contributed by atoms with E-state index in [1.807, 2.05) is 27.7 Å². The molecule has 96 valence electrons. The van der Waals surface area contributed by atoms with Gasteiger partial charge in [-0.1, -0.05) is 27.7 Å². The Morgan fingerprint density at radius 2 is 1.06 bits per heavy atom. The average Bonchev–Trinajstić information content (AvgIpc) is 2.12. The number of halogens is 1. The number of nitrogens with one attached hydrogen (secondary N) is 2. The van der Waals surface area contributed by atoms with Crippen molar-refractivity contribution in [1.82, 2.24) is 10.6 Å². The number of hydrogen-bond donors (Lipinski definition) is 2. The van der Waals surface area contributed by atoms with E-state index in [2.05, 4.69) is 10.6 Å². The Kier molecular flexibility index (Phi) is 33.5. The van der Waals surface area contributed by atoms with Crippen LogP contribution in [0.5, 0.6) is 0 Å². The van der Waals surface area contributed by atoms with E-state index in [1.165, 1.54) is 0 Å². The summed E-state index contributed by atoms with van der Waals surface area (Å²) in [4.78, 5) is 0.